The number of hydrogen-bond acceptors (Lipinski definition) is 3. The van der Waals surface area contributed by atoms with Crippen molar-refractivity contribution in [2.45, 2.75) is 78.4 Å². The van der Waals surface area contributed by atoms with Crippen molar-refractivity contribution >= 4 is 6.09 Å². The van der Waals surface area contributed by atoms with Gasteiger partial charge >= 0.3 is 6.09 Å². The monoisotopic (exact) mass is 270 g/mol. The number of carbonyl (C=O) groups is 1. The Morgan fingerprint density at radius 3 is 2.58 bits per heavy atom. The summed E-state index contributed by atoms with van der Waals surface area (Å²) < 4.78 is 5.21. The van der Waals surface area contributed by atoms with Gasteiger partial charge in [-0.25, -0.2) is 10.2 Å². The average molecular weight is 270 g/mol. The predicted molar refractivity (Wildman–Crippen MR) is 77.7 cm³/mol. The molecular formula is C15H30N2O2. The number of nitrogens with one attached hydrogen (secondary N) is 2. The van der Waals surface area contributed by atoms with Gasteiger partial charge in [0.1, 0.15) is 5.60 Å². The summed E-state index contributed by atoms with van der Waals surface area (Å²) >= 11 is 0. The van der Waals surface area contributed by atoms with Crippen molar-refractivity contribution in [2.24, 2.45) is 11.8 Å². The molecule has 4 nitrogen and oxygen atoms in total. The third-order valence-corrected chi connectivity index (χ3v) is 3.36. The summed E-state index contributed by atoms with van der Waals surface area (Å²) in [5, 5.41) is 0. The van der Waals surface area contributed by atoms with Crippen molar-refractivity contribution in [2.75, 3.05) is 0 Å². The molecule has 1 amide bonds. The van der Waals surface area contributed by atoms with Crippen molar-refractivity contribution in [1.29, 1.82) is 0 Å². The zero-order chi connectivity index (χ0) is 14.5. The molecule has 1 rings (SSSR count). The van der Waals surface area contributed by atoms with Gasteiger partial charge in [-0.2, -0.15) is 0 Å². The molecule has 0 heterocycles. The molecule has 4 heteroatoms. The van der Waals surface area contributed by atoms with Crippen LogP contribution in [0.1, 0.15) is 66.7 Å². The number of rotatable bonds is 4. The van der Waals surface area contributed by atoms with E-state index < -0.39 is 11.7 Å². The number of hydrogen-bond donors (Lipinski definition) is 2. The Morgan fingerprint density at radius 1 is 1.32 bits per heavy atom. The van der Waals surface area contributed by atoms with E-state index in [1.165, 1.54) is 19.3 Å². The predicted octanol–water partition coefficient (Wildman–Crippen LogP) is 3.62. The maximum Gasteiger partial charge on any atom is 0.422 e. The molecule has 0 aromatic heterocycles. The molecule has 1 saturated carbocycles. The average Bonchev–Trinajstić information content (AvgIpc) is 2.23. The Bertz CT molecular complexity index is 284. The Balaban J connectivity index is 2.27. The van der Waals surface area contributed by atoms with E-state index in [-0.39, 0.29) is 0 Å². The molecule has 2 N–H and O–H groups in total. The maximum atomic E-state index is 11.6. The fourth-order valence-electron chi connectivity index (χ4n) is 2.77. The molecule has 112 valence electrons. The van der Waals surface area contributed by atoms with E-state index in [0.29, 0.717) is 6.04 Å². The number of amides is 1. The van der Waals surface area contributed by atoms with E-state index in [0.717, 1.165) is 24.7 Å². The van der Waals surface area contributed by atoms with Crippen molar-refractivity contribution in [1.82, 2.24) is 10.9 Å². The fourth-order valence-corrected chi connectivity index (χ4v) is 2.77. The largest absolute Gasteiger partial charge is 0.443 e. The van der Waals surface area contributed by atoms with Crippen LogP contribution in [-0.4, -0.2) is 17.7 Å². The molecule has 0 radical (unpaired) electrons. The van der Waals surface area contributed by atoms with Crippen molar-refractivity contribution in [3.05, 3.63) is 0 Å². The van der Waals surface area contributed by atoms with Gasteiger partial charge in [0, 0.05) is 6.04 Å². The SMILES string of the molecule is CC(C)CC1CCCC(NNC(=O)OC(C)(C)C)C1. The molecule has 0 bridgehead atoms. The smallest absolute Gasteiger partial charge is 0.422 e. The Kier molecular flexibility index (Phi) is 6.11. The third kappa shape index (κ3) is 7.41. The van der Waals surface area contributed by atoms with Gasteiger partial charge in [0.15, 0.2) is 0 Å². The fraction of sp³-hybridized carbons (Fsp3) is 0.933. The second-order valence-electron chi connectivity index (χ2n) is 7.13. The molecule has 2 atom stereocenters. The highest BCUT2D eigenvalue weighted by Gasteiger charge is 2.23. The molecular weight excluding hydrogens is 240 g/mol. The van der Waals surface area contributed by atoms with Crippen LogP contribution in [0.4, 0.5) is 4.79 Å². The van der Waals surface area contributed by atoms with Crippen LogP contribution < -0.4 is 10.9 Å². The van der Waals surface area contributed by atoms with E-state index in [1.54, 1.807) is 0 Å². The lowest BCUT2D eigenvalue weighted by Crippen LogP contribution is -2.48. The van der Waals surface area contributed by atoms with E-state index in [1.807, 2.05) is 20.8 Å². The number of hydrazine groups is 1. The highest BCUT2D eigenvalue weighted by Crippen LogP contribution is 2.29. The highest BCUT2D eigenvalue weighted by atomic mass is 16.6. The van der Waals surface area contributed by atoms with Crippen molar-refractivity contribution < 1.29 is 9.53 Å². The van der Waals surface area contributed by atoms with E-state index in [2.05, 4.69) is 24.7 Å². The molecule has 1 aliphatic carbocycles. The van der Waals surface area contributed by atoms with Gasteiger partial charge in [-0.15, -0.1) is 0 Å². The summed E-state index contributed by atoms with van der Waals surface area (Å²) in [5.74, 6) is 1.54. The quantitative estimate of drug-likeness (QED) is 0.767. The maximum absolute atomic E-state index is 11.6. The second kappa shape index (κ2) is 7.13. The minimum absolute atomic E-state index is 0.380. The summed E-state index contributed by atoms with van der Waals surface area (Å²) in [6.45, 7) is 10.1. The van der Waals surface area contributed by atoms with Gasteiger partial charge in [0.25, 0.3) is 0 Å². The topological polar surface area (TPSA) is 50.4 Å². The van der Waals surface area contributed by atoms with Crippen LogP contribution in [0.3, 0.4) is 0 Å². The van der Waals surface area contributed by atoms with Crippen molar-refractivity contribution in [3.8, 4) is 0 Å². The summed E-state index contributed by atoms with van der Waals surface area (Å²) in [6, 6.07) is 0.380. The molecule has 2 unspecified atom stereocenters. The van der Waals surface area contributed by atoms with Crippen LogP contribution in [0.15, 0.2) is 0 Å². The first-order valence-electron chi connectivity index (χ1n) is 7.51. The number of carbonyl (C=O) groups excluding carboxylic acids is 1. The summed E-state index contributed by atoms with van der Waals surface area (Å²) in [6.07, 6.45) is 5.73. The lowest BCUT2D eigenvalue weighted by Gasteiger charge is -2.31. The van der Waals surface area contributed by atoms with Crippen molar-refractivity contribution in [3.63, 3.8) is 0 Å². The molecule has 0 spiro atoms. The van der Waals surface area contributed by atoms with Gasteiger partial charge in [-0.1, -0.05) is 26.7 Å². The van der Waals surface area contributed by atoms with Crippen LogP contribution in [0.5, 0.6) is 0 Å². The third-order valence-electron chi connectivity index (χ3n) is 3.36. The highest BCUT2D eigenvalue weighted by molar-refractivity contribution is 5.67. The molecule has 0 aromatic carbocycles. The number of ether oxygens (including phenoxy) is 1. The van der Waals surface area contributed by atoms with Gasteiger partial charge in [-0.3, -0.25) is 5.43 Å². The van der Waals surface area contributed by atoms with E-state index in [4.69, 9.17) is 4.74 Å². The summed E-state index contributed by atoms with van der Waals surface area (Å²) in [7, 11) is 0. The first-order valence-corrected chi connectivity index (χ1v) is 7.51. The zero-order valence-corrected chi connectivity index (χ0v) is 13.1. The van der Waals surface area contributed by atoms with Crippen LogP contribution >= 0.6 is 0 Å². The minimum Gasteiger partial charge on any atom is -0.443 e. The molecule has 0 saturated heterocycles. The Hall–Kier alpha value is -0.770. The summed E-state index contributed by atoms with van der Waals surface area (Å²) in [5.41, 5.74) is 5.35. The first-order chi connectivity index (χ1) is 8.76. The van der Waals surface area contributed by atoms with E-state index >= 15 is 0 Å². The summed E-state index contributed by atoms with van der Waals surface area (Å²) in [4.78, 5) is 11.6. The lowest BCUT2D eigenvalue weighted by atomic mass is 9.81. The minimum atomic E-state index is -0.446. The zero-order valence-electron chi connectivity index (χ0n) is 13.1. The Morgan fingerprint density at radius 2 is 2.00 bits per heavy atom. The molecule has 0 aromatic rings. The van der Waals surface area contributed by atoms with Gasteiger partial charge in [0.05, 0.1) is 0 Å². The second-order valence-corrected chi connectivity index (χ2v) is 7.13. The van der Waals surface area contributed by atoms with E-state index in [9.17, 15) is 4.79 Å². The van der Waals surface area contributed by atoms with Gasteiger partial charge in [-0.05, 0) is 51.9 Å². The normalized spacial score (nSPS) is 24.3. The molecule has 1 fully saturated rings. The molecule has 19 heavy (non-hydrogen) atoms. The molecule has 0 aliphatic heterocycles. The first kappa shape index (κ1) is 16.3. The van der Waals surface area contributed by atoms with Gasteiger partial charge in [0.2, 0.25) is 0 Å². The molecule has 1 aliphatic rings. The lowest BCUT2D eigenvalue weighted by molar-refractivity contribution is 0.0477. The Labute approximate surface area is 117 Å². The van der Waals surface area contributed by atoms with Gasteiger partial charge < -0.3 is 4.74 Å². The van der Waals surface area contributed by atoms with Crippen LogP contribution in [0, 0.1) is 11.8 Å². The van der Waals surface area contributed by atoms with Crippen LogP contribution in [0.2, 0.25) is 0 Å². The van der Waals surface area contributed by atoms with Crippen LogP contribution in [-0.2, 0) is 4.74 Å². The standard InChI is InChI=1S/C15H30N2O2/c1-11(2)9-12-7-6-8-13(10-12)16-17-14(18)19-15(3,4)5/h11-13,16H,6-10H2,1-5H3,(H,17,18). The van der Waals surface area contributed by atoms with Crippen LogP contribution in [0.25, 0.3) is 0 Å².